The second-order valence-corrected chi connectivity index (χ2v) is 5.28. The minimum Gasteiger partial charge on any atom is -0.392 e. The first-order chi connectivity index (χ1) is 8.11. The monoisotopic (exact) mass is 315 g/mol. The van der Waals surface area contributed by atoms with Crippen molar-refractivity contribution in [2.24, 2.45) is 7.05 Å². The van der Waals surface area contributed by atoms with Gasteiger partial charge in [0.1, 0.15) is 0 Å². The Hall–Kier alpha value is -1.05. The number of benzene rings is 1. The van der Waals surface area contributed by atoms with E-state index in [0.717, 1.165) is 14.9 Å². The molecule has 17 heavy (non-hydrogen) atoms. The summed E-state index contributed by atoms with van der Waals surface area (Å²) in [5.41, 5.74) is 0.587. The summed E-state index contributed by atoms with van der Waals surface area (Å²) in [6.07, 6.45) is 0. The number of aromatic amines is 1. The van der Waals surface area contributed by atoms with E-state index in [9.17, 15) is 4.79 Å². The summed E-state index contributed by atoms with van der Waals surface area (Å²) >= 11 is 4.75. The van der Waals surface area contributed by atoms with E-state index in [-0.39, 0.29) is 12.3 Å². The molecule has 0 bridgehead atoms. The van der Waals surface area contributed by atoms with Gasteiger partial charge in [-0.2, -0.15) is 0 Å². The lowest BCUT2D eigenvalue weighted by atomic mass is 10.2. The largest absolute Gasteiger partial charge is 0.392 e. The molecule has 0 spiro atoms. The molecular weight excluding hydrogens is 306 g/mol. The Kier molecular flexibility index (Phi) is 3.70. The first-order valence-electron chi connectivity index (χ1n) is 4.80. The number of aromatic nitrogens is 3. The molecule has 2 aromatic rings. The van der Waals surface area contributed by atoms with E-state index in [1.807, 2.05) is 18.2 Å². The number of H-pyrrole nitrogens is 1. The lowest BCUT2D eigenvalue weighted by Gasteiger charge is -2.04. The van der Waals surface area contributed by atoms with E-state index >= 15 is 0 Å². The summed E-state index contributed by atoms with van der Waals surface area (Å²) in [4.78, 5) is 12.1. The quantitative estimate of drug-likeness (QED) is 0.900. The number of aliphatic hydroxyl groups excluding tert-OH is 1. The van der Waals surface area contributed by atoms with Gasteiger partial charge in [-0.1, -0.05) is 22.0 Å². The molecule has 0 atom stereocenters. The molecule has 2 rings (SSSR count). The molecule has 0 radical (unpaired) electrons. The number of nitrogens with zero attached hydrogens (tertiary/aromatic N) is 2. The van der Waals surface area contributed by atoms with Crippen LogP contribution in [0, 0.1) is 0 Å². The van der Waals surface area contributed by atoms with Gasteiger partial charge in [-0.15, -0.1) is 5.10 Å². The molecule has 90 valence electrons. The van der Waals surface area contributed by atoms with Crippen LogP contribution in [0.4, 0.5) is 0 Å². The van der Waals surface area contributed by atoms with Crippen molar-refractivity contribution in [1.82, 2.24) is 14.8 Å². The summed E-state index contributed by atoms with van der Waals surface area (Å²) in [5.74, 6) is 0. The fourth-order valence-corrected chi connectivity index (χ4v) is 2.74. The van der Waals surface area contributed by atoms with E-state index in [2.05, 4.69) is 26.1 Å². The molecule has 1 aromatic heterocycles. The first kappa shape index (κ1) is 12.4. The highest BCUT2D eigenvalue weighted by molar-refractivity contribution is 9.10. The van der Waals surface area contributed by atoms with Gasteiger partial charge in [-0.25, -0.2) is 9.89 Å². The highest BCUT2D eigenvalue weighted by Gasteiger charge is 2.07. The van der Waals surface area contributed by atoms with E-state index in [4.69, 9.17) is 5.11 Å². The van der Waals surface area contributed by atoms with Crippen LogP contribution in [0.25, 0.3) is 0 Å². The van der Waals surface area contributed by atoms with Crippen molar-refractivity contribution in [2.75, 3.05) is 0 Å². The fourth-order valence-electron chi connectivity index (χ4n) is 1.25. The van der Waals surface area contributed by atoms with Crippen LogP contribution in [0.2, 0.25) is 0 Å². The Balaban J connectivity index is 2.28. The SMILES string of the molecule is Cn1c(Sc2ccc(CO)c(Br)c2)n[nH]c1=O. The number of hydrogen-bond donors (Lipinski definition) is 2. The minimum atomic E-state index is -0.237. The summed E-state index contributed by atoms with van der Waals surface area (Å²) in [6.45, 7) is -0.00752. The van der Waals surface area contributed by atoms with Crippen LogP contribution in [-0.2, 0) is 13.7 Å². The maximum atomic E-state index is 11.2. The minimum absolute atomic E-state index is 0.00752. The van der Waals surface area contributed by atoms with Crippen molar-refractivity contribution in [3.05, 3.63) is 38.7 Å². The van der Waals surface area contributed by atoms with Gasteiger partial charge in [-0.3, -0.25) is 4.57 Å². The maximum Gasteiger partial charge on any atom is 0.343 e. The molecule has 0 aliphatic heterocycles. The van der Waals surface area contributed by atoms with Crippen molar-refractivity contribution in [3.63, 3.8) is 0 Å². The van der Waals surface area contributed by atoms with Crippen LogP contribution in [0.5, 0.6) is 0 Å². The number of halogens is 1. The molecule has 1 heterocycles. The van der Waals surface area contributed by atoms with Crippen molar-refractivity contribution in [2.45, 2.75) is 16.7 Å². The molecular formula is C10H10BrN3O2S. The lowest BCUT2D eigenvalue weighted by Crippen LogP contribution is -2.12. The Morgan fingerprint density at radius 3 is 2.88 bits per heavy atom. The normalized spacial score (nSPS) is 10.8. The van der Waals surface area contributed by atoms with Gasteiger partial charge in [0, 0.05) is 16.4 Å². The molecule has 0 unspecified atom stereocenters. The predicted molar refractivity (Wildman–Crippen MR) is 68.0 cm³/mol. The zero-order chi connectivity index (χ0) is 12.4. The van der Waals surface area contributed by atoms with Gasteiger partial charge < -0.3 is 5.11 Å². The van der Waals surface area contributed by atoms with Gasteiger partial charge in [-0.05, 0) is 29.5 Å². The molecule has 0 aliphatic rings. The molecule has 1 aromatic carbocycles. The smallest absolute Gasteiger partial charge is 0.343 e. The maximum absolute atomic E-state index is 11.2. The van der Waals surface area contributed by atoms with Crippen molar-refractivity contribution >= 4 is 27.7 Å². The van der Waals surface area contributed by atoms with Crippen LogP contribution in [0.1, 0.15) is 5.56 Å². The lowest BCUT2D eigenvalue weighted by molar-refractivity contribution is 0.281. The second kappa shape index (κ2) is 5.07. The van der Waals surface area contributed by atoms with Crippen LogP contribution in [-0.4, -0.2) is 19.9 Å². The Labute approximate surface area is 110 Å². The number of rotatable bonds is 3. The third kappa shape index (κ3) is 2.62. The third-order valence-electron chi connectivity index (χ3n) is 2.24. The van der Waals surface area contributed by atoms with Crippen molar-refractivity contribution < 1.29 is 5.11 Å². The standard InChI is InChI=1S/C10H10BrN3O2S/c1-14-9(16)12-13-10(14)17-7-3-2-6(5-15)8(11)4-7/h2-4,15H,5H2,1H3,(H,12,16). The van der Waals surface area contributed by atoms with Crippen molar-refractivity contribution in [1.29, 1.82) is 0 Å². The zero-order valence-corrected chi connectivity index (χ0v) is 11.4. The molecule has 0 amide bonds. The fraction of sp³-hybridized carbons (Fsp3) is 0.200. The van der Waals surface area contributed by atoms with Crippen LogP contribution >= 0.6 is 27.7 Å². The highest BCUT2D eigenvalue weighted by Crippen LogP contribution is 2.29. The van der Waals surface area contributed by atoms with Gasteiger partial charge in [0.05, 0.1) is 6.61 Å². The molecule has 0 fully saturated rings. The molecule has 0 saturated heterocycles. The second-order valence-electron chi connectivity index (χ2n) is 3.38. The molecule has 7 heteroatoms. The Bertz CT molecular complexity index is 593. The Morgan fingerprint density at radius 2 is 2.35 bits per heavy atom. The van der Waals surface area contributed by atoms with Gasteiger partial charge in [0.25, 0.3) is 0 Å². The average molecular weight is 316 g/mol. The van der Waals surface area contributed by atoms with E-state index < -0.39 is 0 Å². The summed E-state index contributed by atoms with van der Waals surface area (Å²) < 4.78 is 2.28. The number of aliphatic hydroxyl groups is 1. The average Bonchev–Trinajstić information content (AvgIpc) is 2.61. The summed E-state index contributed by atoms with van der Waals surface area (Å²) in [7, 11) is 1.66. The topological polar surface area (TPSA) is 70.9 Å². The zero-order valence-electron chi connectivity index (χ0n) is 8.98. The molecule has 2 N–H and O–H groups in total. The number of hydrogen-bond acceptors (Lipinski definition) is 4. The third-order valence-corrected chi connectivity index (χ3v) is 4.02. The summed E-state index contributed by atoms with van der Waals surface area (Å²) in [6, 6.07) is 5.59. The van der Waals surface area contributed by atoms with Crippen LogP contribution < -0.4 is 5.69 Å². The van der Waals surface area contributed by atoms with Crippen molar-refractivity contribution in [3.8, 4) is 0 Å². The van der Waals surface area contributed by atoms with Gasteiger partial charge in [0.15, 0.2) is 5.16 Å². The number of nitrogens with one attached hydrogen (secondary N) is 1. The molecule has 5 nitrogen and oxygen atoms in total. The van der Waals surface area contributed by atoms with E-state index in [1.165, 1.54) is 16.3 Å². The van der Waals surface area contributed by atoms with E-state index in [0.29, 0.717) is 5.16 Å². The summed E-state index contributed by atoms with van der Waals surface area (Å²) in [5, 5.41) is 15.9. The predicted octanol–water partition coefficient (Wildman–Crippen LogP) is 1.51. The first-order valence-corrected chi connectivity index (χ1v) is 6.41. The van der Waals surface area contributed by atoms with Gasteiger partial charge in [0.2, 0.25) is 0 Å². The van der Waals surface area contributed by atoms with E-state index in [1.54, 1.807) is 7.05 Å². The van der Waals surface area contributed by atoms with Crippen LogP contribution in [0.15, 0.2) is 37.5 Å². The van der Waals surface area contributed by atoms with Crippen LogP contribution in [0.3, 0.4) is 0 Å². The Morgan fingerprint density at radius 1 is 1.59 bits per heavy atom. The molecule has 0 aliphatic carbocycles. The van der Waals surface area contributed by atoms with Gasteiger partial charge >= 0.3 is 5.69 Å². The molecule has 0 saturated carbocycles. The highest BCUT2D eigenvalue weighted by atomic mass is 79.9.